The molecule has 0 N–H and O–H groups in total. The van der Waals surface area contributed by atoms with Crippen molar-refractivity contribution in [2.24, 2.45) is 0 Å². The molecule has 0 bridgehead atoms. The zero-order valence-corrected chi connectivity index (χ0v) is 15.7. The minimum absolute atomic E-state index is 0.266. The number of hydrogen-bond acceptors (Lipinski definition) is 4. The van der Waals surface area contributed by atoms with Gasteiger partial charge < -0.3 is 0 Å². The fraction of sp³-hybridized carbons (Fsp3) is 0.250. The van der Waals surface area contributed by atoms with E-state index in [9.17, 15) is 8.63 Å². The molecule has 2 aromatic carbocycles. The first kappa shape index (κ1) is 17.6. The molecule has 2 unspecified atom stereocenters. The van der Waals surface area contributed by atoms with Crippen LogP contribution in [-0.4, -0.2) is 32.5 Å². The summed E-state index contributed by atoms with van der Waals surface area (Å²) >= 11 is -2.22. The van der Waals surface area contributed by atoms with Crippen LogP contribution in [0.2, 0.25) is 5.32 Å². The summed E-state index contributed by atoms with van der Waals surface area (Å²) < 4.78 is 24.7. The van der Waals surface area contributed by atoms with Crippen molar-refractivity contribution in [3.8, 4) is 0 Å². The molecule has 0 amide bonds. The molecule has 5 heteroatoms. The summed E-state index contributed by atoms with van der Waals surface area (Å²) in [6, 6.07) is 18.9. The Balaban J connectivity index is 1.78. The van der Waals surface area contributed by atoms with Gasteiger partial charge in [-0.3, -0.25) is 0 Å². The van der Waals surface area contributed by atoms with Crippen molar-refractivity contribution in [1.82, 2.24) is 0 Å². The van der Waals surface area contributed by atoms with Crippen LogP contribution in [0.5, 0.6) is 0 Å². The van der Waals surface area contributed by atoms with Crippen molar-refractivity contribution >= 4 is 30.0 Å². The Morgan fingerprint density at radius 2 is 1.76 bits per heavy atom. The molecule has 4 nitrogen and oxygen atoms in total. The molecule has 1 aliphatic rings. The Hall–Kier alpha value is -2.23. The second-order valence-electron chi connectivity index (χ2n) is 5.66. The first-order valence-electron chi connectivity index (χ1n) is 8.24. The molecule has 0 saturated carbocycles. The van der Waals surface area contributed by atoms with Crippen molar-refractivity contribution in [3.63, 3.8) is 0 Å². The molecule has 3 rings (SSSR count). The predicted octanol–water partition coefficient (Wildman–Crippen LogP) is 3.08. The van der Waals surface area contributed by atoms with Gasteiger partial charge in [-0.25, -0.2) is 0 Å². The van der Waals surface area contributed by atoms with E-state index >= 15 is 0 Å². The summed E-state index contributed by atoms with van der Waals surface area (Å²) in [5, 5.41) is 0.434. The zero-order chi connectivity index (χ0) is 17.6. The van der Waals surface area contributed by atoms with E-state index in [1.54, 1.807) is 6.92 Å². The van der Waals surface area contributed by atoms with E-state index in [2.05, 4.69) is 0 Å². The third-order valence-electron chi connectivity index (χ3n) is 3.89. The summed E-state index contributed by atoms with van der Waals surface area (Å²) in [4.78, 5) is 12.3. The Labute approximate surface area is 151 Å². The van der Waals surface area contributed by atoms with E-state index in [1.807, 2.05) is 60.7 Å². The number of carbonyl (C=O) groups excluding carboxylic acids is 1. The molecule has 130 valence electrons. The van der Waals surface area contributed by atoms with Gasteiger partial charge in [0.05, 0.1) is 0 Å². The zero-order valence-electron chi connectivity index (χ0n) is 14.0. The number of benzene rings is 2. The van der Waals surface area contributed by atoms with E-state index in [0.717, 1.165) is 10.0 Å². The molecule has 2 atom stereocenters. The van der Waals surface area contributed by atoms with Gasteiger partial charge >= 0.3 is 151 Å². The van der Waals surface area contributed by atoms with Gasteiger partial charge in [-0.05, 0) is 0 Å². The van der Waals surface area contributed by atoms with Crippen LogP contribution in [0.15, 0.2) is 66.2 Å². The Morgan fingerprint density at radius 3 is 2.40 bits per heavy atom. The number of esters is 1. The average molecular weight is 403 g/mol. The number of hydrogen-bond donors (Lipinski definition) is 0. The summed E-state index contributed by atoms with van der Waals surface area (Å²) in [6.07, 6.45) is 0.162. The van der Waals surface area contributed by atoms with Crippen LogP contribution in [-0.2, 0) is 18.1 Å². The van der Waals surface area contributed by atoms with Crippen molar-refractivity contribution in [1.29, 1.82) is 0 Å². The molecular weight excluding hydrogens is 383 g/mol. The standard InChI is InChI=1S/C20H20O4Se/c1-2-23-20(21)18-13-16(14-25(22)17-11-7-4-8-12-17)24-19(18)15-9-5-3-6-10-15/h3-12,16H,2,13-14H2,1H3. The van der Waals surface area contributed by atoms with Gasteiger partial charge in [0.2, 0.25) is 0 Å². The van der Waals surface area contributed by atoms with E-state index in [-0.39, 0.29) is 12.1 Å². The second kappa shape index (κ2) is 8.23. The Morgan fingerprint density at radius 1 is 1.12 bits per heavy atom. The van der Waals surface area contributed by atoms with Gasteiger partial charge in [0.1, 0.15) is 0 Å². The average Bonchev–Trinajstić information content (AvgIpc) is 3.07. The van der Waals surface area contributed by atoms with E-state index < -0.39 is 13.8 Å². The molecule has 1 aliphatic heterocycles. The van der Waals surface area contributed by atoms with Crippen molar-refractivity contribution in [2.75, 3.05) is 6.61 Å². The predicted molar refractivity (Wildman–Crippen MR) is 96.8 cm³/mol. The molecule has 0 radical (unpaired) electrons. The van der Waals surface area contributed by atoms with Gasteiger partial charge in [-0.2, -0.15) is 0 Å². The molecule has 0 spiro atoms. The first-order chi connectivity index (χ1) is 12.2. The maximum absolute atomic E-state index is 12.6. The molecule has 0 saturated heterocycles. The fourth-order valence-electron chi connectivity index (χ4n) is 2.76. The molecule has 1 heterocycles. The van der Waals surface area contributed by atoms with E-state index in [4.69, 9.17) is 9.47 Å². The van der Waals surface area contributed by atoms with Crippen molar-refractivity contribution in [2.45, 2.75) is 24.8 Å². The second-order valence-corrected chi connectivity index (χ2v) is 8.80. The van der Waals surface area contributed by atoms with E-state index in [1.165, 1.54) is 0 Å². The van der Waals surface area contributed by atoms with Crippen LogP contribution in [0.25, 0.3) is 5.76 Å². The number of rotatable bonds is 6. The summed E-state index contributed by atoms with van der Waals surface area (Å²) in [5.74, 6) is 0.196. The summed E-state index contributed by atoms with van der Waals surface area (Å²) in [7, 11) is 0. The van der Waals surface area contributed by atoms with Gasteiger partial charge in [0, 0.05) is 0 Å². The van der Waals surface area contributed by atoms with Crippen LogP contribution >= 0.6 is 0 Å². The fourth-order valence-corrected chi connectivity index (χ4v) is 5.22. The Bertz CT molecular complexity index is 784. The molecule has 0 aromatic heterocycles. The molecule has 0 fully saturated rings. The number of ether oxygens (including phenoxy) is 2. The van der Waals surface area contributed by atoms with Gasteiger partial charge in [0.25, 0.3) is 0 Å². The molecule has 2 aromatic rings. The first-order valence-corrected chi connectivity index (χ1v) is 11.0. The van der Waals surface area contributed by atoms with Crippen LogP contribution in [0.3, 0.4) is 0 Å². The van der Waals surface area contributed by atoms with Crippen LogP contribution in [0.1, 0.15) is 18.9 Å². The van der Waals surface area contributed by atoms with Gasteiger partial charge in [-0.15, -0.1) is 0 Å². The van der Waals surface area contributed by atoms with Gasteiger partial charge in [0.15, 0.2) is 0 Å². The van der Waals surface area contributed by atoms with Gasteiger partial charge in [-0.1, -0.05) is 0 Å². The number of carbonyl (C=O) groups is 1. The van der Waals surface area contributed by atoms with Crippen molar-refractivity contribution < 1.29 is 18.1 Å². The molecular formula is C20H20O4Se. The molecule has 25 heavy (non-hydrogen) atoms. The summed E-state index contributed by atoms with van der Waals surface area (Å²) in [6.45, 7) is 2.10. The third kappa shape index (κ3) is 4.24. The minimum atomic E-state index is -2.22. The van der Waals surface area contributed by atoms with Crippen LogP contribution in [0, 0.1) is 0 Å². The summed E-state index contributed by atoms with van der Waals surface area (Å²) in [5.41, 5.74) is 1.38. The SMILES string of the molecule is CCOC(=O)C1=C(c2ccccc2)OC(C[Se](=O)c2ccccc2)C1. The van der Waals surface area contributed by atoms with Crippen molar-refractivity contribution in [3.05, 3.63) is 71.8 Å². The van der Waals surface area contributed by atoms with Crippen LogP contribution < -0.4 is 4.46 Å². The maximum atomic E-state index is 12.6. The normalized spacial score (nSPS) is 17.9. The third-order valence-corrected chi connectivity index (χ3v) is 6.98. The van der Waals surface area contributed by atoms with E-state index in [0.29, 0.717) is 29.7 Å². The monoisotopic (exact) mass is 404 g/mol. The van der Waals surface area contributed by atoms with Crippen LogP contribution in [0.4, 0.5) is 0 Å². The molecule has 0 aliphatic carbocycles. The topological polar surface area (TPSA) is 52.6 Å². The Kier molecular flexibility index (Phi) is 5.79. The quantitative estimate of drug-likeness (QED) is 0.550.